The van der Waals surface area contributed by atoms with Gasteiger partial charge in [0, 0.05) is 26.2 Å². The van der Waals surface area contributed by atoms with Crippen LogP contribution < -0.4 is 5.32 Å². The van der Waals surface area contributed by atoms with Gasteiger partial charge in [0.1, 0.15) is 0 Å². The summed E-state index contributed by atoms with van der Waals surface area (Å²) in [7, 11) is 0. The number of nitrogens with one attached hydrogen (secondary N) is 1. The minimum Gasteiger partial charge on any atom is -0.379 e. The van der Waals surface area contributed by atoms with Crippen molar-refractivity contribution in [2.24, 2.45) is 5.92 Å². The molecule has 0 aliphatic carbocycles. The molecule has 1 unspecified atom stereocenters. The SMILES string of the molecule is CC(CCNCCN1CCOCC1)C(F)(F)F. The van der Waals surface area contributed by atoms with Crippen molar-refractivity contribution in [3.8, 4) is 0 Å². The van der Waals surface area contributed by atoms with Crippen LogP contribution in [0.3, 0.4) is 0 Å². The fourth-order valence-electron chi connectivity index (χ4n) is 1.67. The molecule has 1 aliphatic rings. The van der Waals surface area contributed by atoms with Crippen LogP contribution in [0.15, 0.2) is 0 Å². The quantitative estimate of drug-likeness (QED) is 0.727. The Balaban J connectivity index is 1.97. The predicted molar refractivity (Wildman–Crippen MR) is 60.0 cm³/mol. The van der Waals surface area contributed by atoms with Crippen LogP contribution in [0, 0.1) is 5.92 Å². The summed E-state index contributed by atoms with van der Waals surface area (Å²) in [6, 6.07) is 0. The van der Waals surface area contributed by atoms with E-state index in [2.05, 4.69) is 10.2 Å². The zero-order valence-electron chi connectivity index (χ0n) is 10.2. The molecular formula is C11H21F3N2O. The lowest BCUT2D eigenvalue weighted by atomic mass is 10.1. The Hall–Kier alpha value is -0.330. The predicted octanol–water partition coefficient (Wildman–Crippen LogP) is 1.50. The molecule has 1 rings (SSSR count). The number of rotatable bonds is 6. The van der Waals surface area contributed by atoms with Gasteiger partial charge in [-0.1, -0.05) is 6.92 Å². The van der Waals surface area contributed by atoms with Gasteiger partial charge in [0.25, 0.3) is 0 Å². The molecule has 6 heteroatoms. The first kappa shape index (κ1) is 14.7. The van der Waals surface area contributed by atoms with Crippen molar-refractivity contribution in [2.75, 3.05) is 45.9 Å². The summed E-state index contributed by atoms with van der Waals surface area (Å²) in [4.78, 5) is 2.25. The molecule has 0 saturated carbocycles. The highest BCUT2D eigenvalue weighted by molar-refractivity contribution is 4.66. The fraction of sp³-hybridized carbons (Fsp3) is 1.00. The largest absolute Gasteiger partial charge is 0.391 e. The molecule has 0 aromatic heterocycles. The highest BCUT2D eigenvalue weighted by atomic mass is 19.4. The Bertz CT molecular complexity index is 205. The molecule has 0 amide bonds. The van der Waals surface area contributed by atoms with Crippen molar-refractivity contribution in [3.05, 3.63) is 0 Å². The molecular weight excluding hydrogens is 233 g/mol. The molecule has 0 aromatic rings. The van der Waals surface area contributed by atoms with Crippen LogP contribution in [0.2, 0.25) is 0 Å². The molecule has 0 bridgehead atoms. The van der Waals surface area contributed by atoms with Gasteiger partial charge in [-0.25, -0.2) is 0 Å². The van der Waals surface area contributed by atoms with Gasteiger partial charge in [-0.05, 0) is 13.0 Å². The van der Waals surface area contributed by atoms with Crippen LogP contribution in [0.25, 0.3) is 0 Å². The second-order valence-corrected chi connectivity index (χ2v) is 4.44. The third kappa shape index (κ3) is 6.24. The number of hydrogen-bond donors (Lipinski definition) is 1. The zero-order valence-corrected chi connectivity index (χ0v) is 10.2. The maximum atomic E-state index is 12.2. The fourth-order valence-corrected chi connectivity index (χ4v) is 1.67. The molecule has 17 heavy (non-hydrogen) atoms. The van der Waals surface area contributed by atoms with Gasteiger partial charge < -0.3 is 10.1 Å². The van der Waals surface area contributed by atoms with E-state index >= 15 is 0 Å². The topological polar surface area (TPSA) is 24.5 Å². The maximum Gasteiger partial charge on any atom is 0.391 e. The third-order valence-electron chi connectivity index (χ3n) is 3.02. The van der Waals surface area contributed by atoms with E-state index in [-0.39, 0.29) is 6.42 Å². The Kier molecular flexibility index (Phi) is 6.22. The molecule has 1 aliphatic heterocycles. The van der Waals surface area contributed by atoms with Gasteiger partial charge >= 0.3 is 6.18 Å². The molecule has 1 saturated heterocycles. The van der Waals surface area contributed by atoms with Crippen molar-refractivity contribution in [1.82, 2.24) is 10.2 Å². The van der Waals surface area contributed by atoms with Crippen molar-refractivity contribution >= 4 is 0 Å². The first-order chi connectivity index (χ1) is 8.00. The summed E-state index contributed by atoms with van der Waals surface area (Å²) in [5, 5.41) is 3.05. The monoisotopic (exact) mass is 254 g/mol. The zero-order chi connectivity index (χ0) is 12.7. The van der Waals surface area contributed by atoms with E-state index in [1.165, 1.54) is 6.92 Å². The number of alkyl halides is 3. The van der Waals surface area contributed by atoms with Crippen molar-refractivity contribution < 1.29 is 17.9 Å². The van der Waals surface area contributed by atoms with Gasteiger partial charge in [-0.2, -0.15) is 13.2 Å². The lowest BCUT2D eigenvalue weighted by molar-refractivity contribution is -0.170. The van der Waals surface area contributed by atoms with Crippen LogP contribution >= 0.6 is 0 Å². The lowest BCUT2D eigenvalue weighted by Crippen LogP contribution is -2.40. The maximum absolute atomic E-state index is 12.2. The Morgan fingerprint density at radius 1 is 1.24 bits per heavy atom. The molecule has 1 heterocycles. The van der Waals surface area contributed by atoms with Gasteiger partial charge in [-0.3, -0.25) is 4.90 Å². The Morgan fingerprint density at radius 3 is 2.47 bits per heavy atom. The number of hydrogen-bond acceptors (Lipinski definition) is 3. The van der Waals surface area contributed by atoms with E-state index in [0.717, 1.165) is 39.4 Å². The summed E-state index contributed by atoms with van der Waals surface area (Å²) in [5.74, 6) is -1.22. The smallest absolute Gasteiger partial charge is 0.379 e. The van der Waals surface area contributed by atoms with Gasteiger partial charge in [0.15, 0.2) is 0 Å². The van der Waals surface area contributed by atoms with E-state index in [1.54, 1.807) is 0 Å². The highest BCUT2D eigenvalue weighted by Gasteiger charge is 2.35. The van der Waals surface area contributed by atoms with Crippen LogP contribution in [-0.2, 0) is 4.74 Å². The minimum atomic E-state index is -4.06. The summed E-state index contributed by atoms with van der Waals surface area (Å²) >= 11 is 0. The van der Waals surface area contributed by atoms with E-state index in [1.807, 2.05) is 0 Å². The van der Waals surface area contributed by atoms with Crippen LogP contribution in [0.1, 0.15) is 13.3 Å². The minimum absolute atomic E-state index is 0.145. The van der Waals surface area contributed by atoms with Crippen molar-refractivity contribution in [1.29, 1.82) is 0 Å². The average Bonchev–Trinajstić information content (AvgIpc) is 2.28. The van der Waals surface area contributed by atoms with Gasteiger partial charge in [0.2, 0.25) is 0 Å². The summed E-state index contributed by atoms with van der Waals surface area (Å²) in [6.45, 7) is 6.61. The molecule has 1 fully saturated rings. The first-order valence-electron chi connectivity index (χ1n) is 6.07. The third-order valence-corrected chi connectivity index (χ3v) is 3.02. The van der Waals surface area contributed by atoms with Crippen LogP contribution in [0.4, 0.5) is 13.2 Å². The Labute approximate surface area is 100 Å². The number of ether oxygens (including phenoxy) is 1. The molecule has 3 nitrogen and oxygen atoms in total. The molecule has 102 valence electrons. The van der Waals surface area contributed by atoms with Gasteiger partial charge in [0.05, 0.1) is 19.1 Å². The standard InChI is InChI=1S/C11H21F3N2O/c1-10(11(12,13)14)2-3-15-4-5-16-6-8-17-9-7-16/h10,15H,2-9H2,1H3. The molecule has 0 spiro atoms. The normalized spacial score (nSPS) is 20.5. The molecule has 1 atom stereocenters. The van der Waals surface area contributed by atoms with Gasteiger partial charge in [-0.15, -0.1) is 0 Å². The Morgan fingerprint density at radius 2 is 1.88 bits per heavy atom. The number of morpholine rings is 1. The van der Waals surface area contributed by atoms with E-state index in [4.69, 9.17) is 4.74 Å². The second-order valence-electron chi connectivity index (χ2n) is 4.44. The average molecular weight is 254 g/mol. The molecule has 0 aromatic carbocycles. The first-order valence-corrected chi connectivity index (χ1v) is 6.07. The number of nitrogens with zero attached hydrogens (tertiary/aromatic N) is 1. The van der Waals surface area contributed by atoms with E-state index in [9.17, 15) is 13.2 Å². The van der Waals surface area contributed by atoms with Crippen LogP contribution in [-0.4, -0.2) is 57.0 Å². The highest BCUT2D eigenvalue weighted by Crippen LogP contribution is 2.27. The lowest BCUT2D eigenvalue weighted by Gasteiger charge is -2.26. The number of halogens is 3. The van der Waals surface area contributed by atoms with Crippen molar-refractivity contribution in [2.45, 2.75) is 19.5 Å². The van der Waals surface area contributed by atoms with E-state index < -0.39 is 12.1 Å². The molecule has 0 radical (unpaired) electrons. The summed E-state index contributed by atoms with van der Waals surface area (Å²) in [5.41, 5.74) is 0. The second kappa shape index (κ2) is 7.18. The summed E-state index contributed by atoms with van der Waals surface area (Å²) < 4.78 is 41.8. The summed E-state index contributed by atoms with van der Waals surface area (Å²) in [6.07, 6.45) is -3.92. The van der Waals surface area contributed by atoms with Crippen LogP contribution in [0.5, 0.6) is 0 Å². The van der Waals surface area contributed by atoms with Crippen molar-refractivity contribution in [3.63, 3.8) is 0 Å². The van der Waals surface area contributed by atoms with E-state index in [0.29, 0.717) is 6.54 Å². The molecule has 1 N–H and O–H groups in total.